The molecule has 0 aromatic heterocycles. The van der Waals surface area contributed by atoms with Gasteiger partial charge in [-0.3, -0.25) is 0 Å². The largest absolute Gasteiger partial charge is 0.485 e. The van der Waals surface area contributed by atoms with Gasteiger partial charge in [0.05, 0.1) is 0 Å². The van der Waals surface area contributed by atoms with Crippen molar-refractivity contribution in [1.82, 2.24) is 0 Å². The lowest BCUT2D eigenvalue weighted by molar-refractivity contribution is 0.161. The molecule has 1 aliphatic heterocycles. The summed E-state index contributed by atoms with van der Waals surface area (Å²) in [7, 11) is 0. The molecule has 0 bridgehead atoms. The second-order valence-corrected chi connectivity index (χ2v) is 6.07. The van der Waals surface area contributed by atoms with Crippen LogP contribution in [0.5, 0.6) is 5.75 Å². The molecule has 1 saturated carbocycles. The van der Waals surface area contributed by atoms with Crippen molar-refractivity contribution >= 4 is 0 Å². The van der Waals surface area contributed by atoms with Crippen LogP contribution < -0.4 is 10.5 Å². The summed E-state index contributed by atoms with van der Waals surface area (Å²) < 4.78 is 19.3. The van der Waals surface area contributed by atoms with Gasteiger partial charge in [-0.1, -0.05) is 24.3 Å². The van der Waals surface area contributed by atoms with Crippen LogP contribution in [-0.4, -0.2) is 0 Å². The van der Waals surface area contributed by atoms with Gasteiger partial charge >= 0.3 is 0 Å². The van der Waals surface area contributed by atoms with Crippen LogP contribution in [0.15, 0.2) is 42.5 Å². The molecule has 1 aliphatic carbocycles. The highest BCUT2D eigenvalue weighted by Crippen LogP contribution is 2.42. The van der Waals surface area contributed by atoms with E-state index in [1.54, 1.807) is 6.07 Å². The van der Waals surface area contributed by atoms with Crippen molar-refractivity contribution in [3.63, 3.8) is 0 Å². The minimum absolute atomic E-state index is 0.0498. The van der Waals surface area contributed by atoms with E-state index in [9.17, 15) is 4.39 Å². The standard InChI is InChI=1S/C18H18FNO/c19-14-7-8-17-15(9-14)16(20)10-18(21-17)13-5-3-12(4-6-13)11-1-2-11/h3-9,11,16,18H,1-2,10,20H2/t16-,18?/m0/s1. The molecule has 2 aromatic rings. The zero-order valence-corrected chi connectivity index (χ0v) is 11.8. The Morgan fingerprint density at radius 1 is 1.00 bits per heavy atom. The molecule has 4 rings (SSSR count). The first kappa shape index (κ1) is 12.8. The molecule has 2 atom stereocenters. The van der Waals surface area contributed by atoms with Crippen molar-refractivity contribution < 1.29 is 9.13 Å². The molecule has 3 heteroatoms. The number of benzene rings is 2. The number of nitrogens with two attached hydrogens (primary N) is 1. The smallest absolute Gasteiger partial charge is 0.126 e. The molecule has 2 aromatic carbocycles. The summed E-state index contributed by atoms with van der Waals surface area (Å²) >= 11 is 0. The Hall–Kier alpha value is -1.87. The van der Waals surface area contributed by atoms with Gasteiger partial charge in [0.2, 0.25) is 0 Å². The van der Waals surface area contributed by atoms with Gasteiger partial charge in [-0.05, 0) is 48.1 Å². The Bertz CT molecular complexity index is 663. The highest BCUT2D eigenvalue weighted by Gasteiger charge is 2.28. The molecule has 0 spiro atoms. The average Bonchev–Trinajstić information content (AvgIpc) is 3.33. The summed E-state index contributed by atoms with van der Waals surface area (Å²) in [5, 5.41) is 0. The van der Waals surface area contributed by atoms with Gasteiger partial charge in [0.15, 0.2) is 0 Å². The Labute approximate surface area is 123 Å². The van der Waals surface area contributed by atoms with Gasteiger partial charge < -0.3 is 10.5 Å². The van der Waals surface area contributed by atoms with E-state index in [-0.39, 0.29) is 18.0 Å². The molecular formula is C18H18FNO. The molecule has 0 amide bonds. The lowest BCUT2D eigenvalue weighted by Gasteiger charge is -2.30. The third-order valence-electron chi connectivity index (χ3n) is 4.47. The SMILES string of the molecule is N[C@H]1CC(c2ccc(C3CC3)cc2)Oc2ccc(F)cc21. The molecule has 1 unspecified atom stereocenters. The Balaban J connectivity index is 1.60. The third kappa shape index (κ3) is 2.42. The lowest BCUT2D eigenvalue weighted by atomic mass is 9.93. The van der Waals surface area contributed by atoms with Gasteiger partial charge in [0.1, 0.15) is 17.7 Å². The summed E-state index contributed by atoms with van der Waals surface area (Å²) in [6.07, 6.45) is 3.25. The second kappa shape index (κ2) is 4.85. The second-order valence-electron chi connectivity index (χ2n) is 6.07. The van der Waals surface area contributed by atoms with Crippen LogP contribution in [0.3, 0.4) is 0 Å². The van der Waals surface area contributed by atoms with Crippen LogP contribution in [-0.2, 0) is 0 Å². The van der Waals surface area contributed by atoms with Crippen molar-refractivity contribution in [3.05, 3.63) is 65.0 Å². The average molecular weight is 283 g/mol. The Morgan fingerprint density at radius 3 is 2.43 bits per heavy atom. The van der Waals surface area contributed by atoms with Crippen LogP contribution in [0.25, 0.3) is 0 Å². The Kier molecular flexibility index (Phi) is 2.96. The molecular weight excluding hydrogens is 265 g/mol. The van der Waals surface area contributed by atoms with Crippen molar-refractivity contribution in [3.8, 4) is 5.75 Å². The van der Waals surface area contributed by atoms with Crippen molar-refractivity contribution in [2.45, 2.75) is 37.3 Å². The lowest BCUT2D eigenvalue weighted by Crippen LogP contribution is -2.24. The highest BCUT2D eigenvalue weighted by molar-refractivity contribution is 5.40. The maximum Gasteiger partial charge on any atom is 0.126 e. The molecule has 2 aliphatic rings. The van der Waals surface area contributed by atoms with Crippen molar-refractivity contribution in [2.24, 2.45) is 5.73 Å². The molecule has 0 radical (unpaired) electrons. The minimum atomic E-state index is -0.264. The fourth-order valence-electron chi connectivity index (χ4n) is 3.08. The summed E-state index contributed by atoms with van der Waals surface area (Å²) in [5.41, 5.74) is 9.51. The van der Waals surface area contributed by atoms with Crippen LogP contribution in [0.2, 0.25) is 0 Å². The van der Waals surface area contributed by atoms with Gasteiger partial charge in [-0.15, -0.1) is 0 Å². The zero-order chi connectivity index (χ0) is 14.4. The molecule has 1 heterocycles. The summed E-state index contributed by atoms with van der Waals surface area (Å²) in [5.74, 6) is 1.20. The van der Waals surface area contributed by atoms with E-state index in [1.165, 1.54) is 30.5 Å². The molecule has 0 saturated heterocycles. The first-order chi connectivity index (χ1) is 10.2. The molecule has 1 fully saturated rings. The topological polar surface area (TPSA) is 35.2 Å². The van der Waals surface area contributed by atoms with E-state index in [0.717, 1.165) is 17.0 Å². The van der Waals surface area contributed by atoms with E-state index in [1.807, 2.05) is 0 Å². The van der Waals surface area contributed by atoms with E-state index >= 15 is 0 Å². The number of halogens is 1. The quantitative estimate of drug-likeness (QED) is 0.895. The van der Waals surface area contributed by atoms with E-state index < -0.39 is 0 Å². The summed E-state index contributed by atoms with van der Waals surface area (Å²) in [6.45, 7) is 0. The third-order valence-corrected chi connectivity index (χ3v) is 4.47. The molecule has 2 N–H and O–H groups in total. The Morgan fingerprint density at radius 2 is 1.71 bits per heavy atom. The van der Waals surface area contributed by atoms with Crippen LogP contribution in [0.4, 0.5) is 4.39 Å². The normalized spacial score (nSPS) is 24.3. The predicted octanol–water partition coefficient (Wildman–Crippen LogP) is 4.23. The first-order valence-electron chi connectivity index (χ1n) is 7.52. The van der Waals surface area contributed by atoms with E-state index in [0.29, 0.717) is 12.2 Å². The maximum absolute atomic E-state index is 13.3. The van der Waals surface area contributed by atoms with Gasteiger partial charge in [0, 0.05) is 18.0 Å². The first-order valence-corrected chi connectivity index (χ1v) is 7.52. The van der Waals surface area contributed by atoms with Crippen molar-refractivity contribution in [2.75, 3.05) is 0 Å². The fourth-order valence-corrected chi connectivity index (χ4v) is 3.08. The van der Waals surface area contributed by atoms with E-state index in [2.05, 4.69) is 24.3 Å². The van der Waals surface area contributed by atoms with E-state index in [4.69, 9.17) is 10.5 Å². The molecule has 21 heavy (non-hydrogen) atoms. The summed E-state index contributed by atoms with van der Waals surface area (Å²) in [6, 6.07) is 13.1. The number of fused-ring (bicyclic) bond motifs is 1. The summed E-state index contributed by atoms with van der Waals surface area (Å²) in [4.78, 5) is 0. The monoisotopic (exact) mass is 283 g/mol. The number of hydrogen-bond donors (Lipinski definition) is 1. The molecule has 108 valence electrons. The van der Waals surface area contributed by atoms with Crippen LogP contribution in [0.1, 0.15) is 54.0 Å². The zero-order valence-electron chi connectivity index (χ0n) is 11.8. The highest BCUT2D eigenvalue weighted by atomic mass is 19.1. The number of ether oxygens (including phenoxy) is 1. The number of hydrogen-bond acceptors (Lipinski definition) is 2. The molecule has 2 nitrogen and oxygen atoms in total. The predicted molar refractivity (Wildman–Crippen MR) is 79.7 cm³/mol. The number of rotatable bonds is 2. The van der Waals surface area contributed by atoms with Gasteiger partial charge in [-0.25, -0.2) is 4.39 Å². The fraction of sp³-hybridized carbons (Fsp3) is 0.333. The van der Waals surface area contributed by atoms with Crippen LogP contribution >= 0.6 is 0 Å². The van der Waals surface area contributed by atoms with Crippen LogP contribution in [0, 0.1) is 5.82 Å². The van der Waals surface area contributed by atoms with Crippen molar-refractivity contribution in [1.29, 1.82) is 0 Å². The van der Waals surface area contributed by atoms with Gasteiger partial charge in [0.25, 0.3) is 0 Å². The minimum Gasteiger partial charge on any atom is -0.485 e. The van der Waals surface area contributed by atoms with Gasteiger partial charge in [-0.2, -0.15) is 0 Å². The maximum atomic E-state index is 13.3.